The van der Waals surface area contributed by atoms with Crippen molar-refractivity contribution in [1.29, 1.82) is 0 Å². The number of morpholine rings is 1. The molecule has 138 valence electrons. The Morgan fingerprint density at radius 1 is 1.08 bits per heavy atom. The molecule has 1 spiro atoms. The molecule has 0 atom stereocenters. The number of anilines is 1. The summed E-state index contributed by atoms with van der Waals surface area (Å²) in [7, 11) is 0. The molecular weight excluding hydrogens is 323 g/mol. The zero-order chi connectivity index (χ0) is 17.1. The van der Waals surface area contributed by atoms with Crippen LogP contribution in [-0.2, 0) is 9.47 Å². The van der Waals surface area contributed by atoms with Gasteiger partial charge in [0.2, 0.25) is 5.95 Å². The third-order valence-electron chi connectivity index (χ3n) is 5.76. The monoisotopic (exact) mass is 350 g/mol. The average Bonchev–Trinajstić information content (AvgIpc) is 2.66. The van der Waals surface area contributed by atoms with Gasteiger partial charge in [0.1, 0.15) is 0 Å². The van der Waals surface area contributed by atoms with Crippen molar-refractivity contribution in [2.45, 2.75) is 31.3 Å². The highest BCUT2D eigenvalue weighted by molar-refractivity contribution is 5.30. The van der Waals surface area contributed by atoms with E-state index < -0.39 is 5.82 Å². The van der Waals surface area contributed by atoms with E-state index in [9.17, 15) is 4.39 Å². The summed E-state index contributed by atoms with van der Waals surface area (Å²) in [6, 6.07) is 0. The van der Waals surface area contributed by atoms with Crippen LogP contribution in [0, 0.1) is 11.7 Å². The summed E-state index contributed by atoms with van der Waals surface area (Å²) in [5.74, 6) is 0.987. The third-order valence-corrected chi connectivity index (χ3v) is 5.76. The molecule has 3 saturated heterocycles. The maximum Gasteiger partial charge on any atom is 0.225 e. The van der Waals surface area contributed by atoms with Crippen LogP contribution in [0.15, 0.2) is 12.4 Å². The lowest BCUT2D eigenvalue weighted by Gasteiger charge is -2.47. The van der Waals surface area contributed by atoms with Crippen molar-refractivity contribution < 1.29 is 13.9 Å². The number of piperidine rings is 1. The fourth-order valence-electron chi connectivity index (χ4n) is 4.22. The molecule has 0 saturated carbocycles. The Balaban J connectivity index is 1.32. The minimum atomic E-state index is -0.395. The van der Waals surface area contributed by atoms with Crippen LogP contribution in [0.4, 0.5) is 10.3 Å². The molecule has 4 heterocycles. The molecule has 6 nitrogen and oxygen atoms in total. The molecule has 0 N–H and O–H groups in total. The van der Waals surface area contributed by atoms with Crippen LogP contribution in [0.5, 0.6) is 0 Å². The first-order chi connectivity index (χ1) is 12.2. The standard InChI is InChI=1S/C18H27FN4O2/c19-16-11-20-17(21-12-16)23-7-10-25-18(14-23)3-5-22(6-4-18)13-15-1-8-24-9-2-15/h11-12,15H,1-10,13-14H2. The maximum atomic E-state index is 13.1. The average molecular weight is 350 g/mol. The SMILES string of the molecule is Fc1cnc(N2CCOC3(CCN(CC4CCOCC4)CC3)C2)nc1. The lowest BCUT2D eigenvalue weighted by Crippen LogP contribution is -2.57. The summed E-state index contributed by atoms with van der Waals surface area (Å²) in [6.45, 7) is 7.41. The smallest absolute Gasteiger partial charge is 0.225 e. The first-order valence-corrected chi connectivity index (χ1v) is 9.39. The van der Waals surface area contributed by atoms with Crippen LogP contribution in [0.1, 0.15) is 25.7 Å². The second kappa shape index (κ2) is 7.51. The molecule has 3 aliphatic heterocycles. The van der Waals surface area contributed by atoms with E-state index in [1.54, 1.807) is 0 Å². The predicted molar refractivity (Wildman–Crippen MR) is 92.1 cm³/mol. The van der Waals surface area contributed by atoms with Crippen LogP contribution in [0.2, 0.25) is 0 Å². The van der Waals surface area contributed by atoms with Gasteiger partial charge < -0.3 is 19.3 Å². The molecule has 1 aromatic heterocycles. The highest BCUT2D eigenvalue weighted by Gasteiger charge is 2.40. The molecule has 0 unspecified atom stereocenters. The van der Waals surface area contributed by atoms with Crippen molar-refractivity contribution in [3.8, 4) is 0 Å². The molecule has 1 aromatic rings. The largest absolute Gasteiger partial charge is 0.381 e. The molecule has 0 aromatic carbocycles. The zero-order valence-electron chi connectivity index (χ0n) is 14.7. The summed E-state index contributed by atoms with van der Waals surface area (Å²) in [4.78, 5) is 13.0. The number of hydrogen-bond donors (Lipinski definition) is 0. The van der Waals surface area contributed by atoms with Gasteiger partial charge in [-0.05, 0) is 31.6 Å². The van der Waals surface area contributed by atoms with Gasteiger partial charge in [0.15, 0.2) is 5.82 Å². The van der Waals surface area contributed by atoms with Crippen molar-refractivity contribution in [1.82, 2.24) is 14.9 Å². The van der Waals surface area contributed by atoms with Crippen LogP contribution in [0.25, 0.3) is 0 Å². The number of hydrogen-bond acceptors (Lipinski definition) is 6. The van der Waals surface area contributed by atoms with Gasteiger partial charge in [0.05, 0.1) is 31.1 Å². The number of halogens is 1. The van der Waals surface area contributed by atoms with Gasteiger partial charge in [-0.25, -0.2) is 14.4 Å². The maximum absolute atomic E-state index is 13.1. The van der Waals surface area contributed by atoms with E-state index in [0.29, 0.717) is 12.6 Å². The van der Waals surface area contributed by atoms with Gasteiger partial charge in [-0.3, -0.25) is 0 Å². The van der Waals surface area contributed by atoms with Crippen molar-refractivity contribution in [2.24, 2.45) is 5.92 Å². The fraction of sp³-hybridized carbons (Fsp3) is 0.778. The zero-order valence-corrected chi connectivity index (χ0v) is 14.7. The highest BCUT2D eigenvalue weighted by Crippen LogP contribution is 2.32. The third kappa shape index (κ3) is 4.10. The minimum Gasteiger partial charge on any atom is -0.381 e. The number of nitrogens with zero attached hydrogens (tertiary/aromatic N) is 4. The molecule has 0 bridgehead atoms. The molecule has 3 aliphatic rings. The van der Waals surface area contributed by atoms with Crippen molar-refractivity contribution in [2.75, 3.05) is 57.4 Å². The van der Waals surface area contributed by atoms with E-state index in [-0.39, 0.29) is 5.60 Å². The predicted octanol–water partition coefficient (Wildman–Crippen LogP) is 1.71. The molecule has 4 rings (SSSR count). The van der Waals surface area contributed by atoms with Gasteiger partial charge in [0.25, 0.3) is 0 Å². The van der Waals surface area contributed by atoms with Crippen LogP contribution >= 0.6 is 0 Å². The van der Waals surface area contributed by atoms with Crippen LogP contribution in [-0.4, -0.2) is 73.0 Å². The summed E-state index contributed by atoms with van der Waals surface area (Å²) in [5, 5.41) is 0. The van der Waals surface area contributed by atoms with E-state index >= 15 is 0 Å². The van der Waals surface area contributed by atoms with E-state index in [1.165, 1.54) is 31.8 Å². The Morgan fingerprint density at radius 2 is 1.80 bits per heavy atom. The Labute approximate surface area is 148 Å². The van der Waals surface area contributed by atoms with Gasteiger partial charge in [-0.1, -0.05) is 0 Å². The van der Waals surface area contributed by atoms with E-state index in [1.807, 2.05) is 0 Å². The first kappa shape index (κ1) is 17.1. The topological polar surface area (TPSA) is 50.7 Å². The molecule has 0 amide bonds. The number of aromatic nitrogens is 2. The van der Waals surface area contributed by atoms with Gasteiger partial charge in [-0.15, -0.1) is 0 Å². The quantitative estimate of drug-likeness (QED) is 0.827. The highest BCUT2D eigenvalue weighted by atomic mass is 19.1. The van der Waals surface area contributed by atoms with Crippen LogP contribution < -0.4 is 4.90 Å². The molecular formula is C18H27FN4O2. The minimum absolute atomic E-state index is 0.109. The first-order valence-electron chi connectivity index (χ1n) is 9.39. The summed E-state index contributed by atoms with van der Waals surface area (Å²) < 4.78 is 24.7. The second-order valence-electron chi connectivity index (χ2n) is 7.51. The van der Waals surface area contributed by atoms with Gasteiger partial charge >= 0.3 is 0 Å². The summed E-state index contributed by atoms with van der Waals surface area (Å²) in [5.41, 5.74) is -0.109. The normalized spacial score (nSPS) is 25.4. The number of likely N-dealkylation sites (tertiary alicyclic amines) is 1. The Kier molecular flexibility index (Phi) is 5.15. The number of ether oxygens (including phenoxy) is 2. The number of rotatable bonds is 3. The molecule has 3 fully saturated rings. The molecule has 0 aliphatic carbocycles. The summed E-state index contributed by atoms with van der Waals surface area (Å²) >= 11 is 0. The Hall–Kier alpha value is -1.31. The van der Waals surface area contributed by atoms with E-state index in [2.05, 4.69) is 19.8 Å². The Bertz CT molecular complexity index is 557. The van der Waals surface area contributed by atoms with Gasteiger partial charge in [0, 0.05) is 39.4 Å². The van der Waals surface area contributed by atoms with Crippen molar-refractivity contribution in [3.63, 3.8) is 0 Å². The lowest BCUT2D eigenvalue weighted by atomic mass is 9.88. The van der Waals surface area contributed by atoms with E-state index in [0.717, 1.165) is 58.2 Å². The van der Waals surface area contributed by atoms with Crippen LogP contribution in [0.3, 0.4) is 0 Å². The second-order valence-corrected chi connectivity index (χ2v) is 7.51. The van der Waals surface area contributed by atoms with Crippen molar-refractivity contribution in [3.05, 3.63) is 18.2 Å². The van der Waals surface area contributed by atoms with Gasteiger partial charge in [-0.2, -0.15) is 0 Å². The van der Waals surface area contributed by atoms with Crippen molar-refractivity contribution >= 4 is 5.95 Å². The molecule has 0 radical (unpaired) electrons. The fourth-order valence-corrected chi connectivity index (χ4v) is 4.22. The summed E-state index contributed by atoms with van der Waals surface area (Å²) in [6.07, 6.45) is 6.92. The molecule has 7 heteroatoms. The lowest BCUT2D eigenvalue weighted by molar-refractivity contribution is -0.0939. The van der Waals surface area contributed by atoms with E-state index in [4.69, 9.17) is 9.47 Å². The molecule has 25 heavy (non-hydrogen) atoms. The Morgan fingerprint density at radius 3 is 2.52 bits per heavy atom.